The van der Waals surface area contributed by atoms with E-state index < -0.39 is 0 Å². The molecule has 3 heteroatoms. The molecule has 0 amide bonds. The Labute approximate surface area is 148 Å². The first kappa shape index (κ1) is 19.0. The van der Waals surface area contributed by atoms with Gasteiger partial charge in [0.2, 0.25) is 0 Å². The molecule has 1 N–H and O–H groups in total. The highest BCUT2D eigenvalue weighted by atomic mass is 16.3. The molecule has 2 rings (SSSR count). The topological polar surface area (TPSA) is 26.7 Å². The van der Waals surface area contributed by atoms with Gasteiger partial charge in [-0.3, -0.25) is 9.80 Å². The summed E-state index contributed by atoms with van der Waals surface area (Å²) in [5.41, 5.74) is 1.31. The lowest BCUT2D eigenvalue weighted by Crippen LogP contribution is -2.50. The average molecular weight is 331 g/mol. The van der Waals surface area contributed by atoms with E-state index in [1.165, 1.54) is 24.8 Å². The normalized spacial score (nSPS) is 24.5. The molecule has 3 nitrogen and oxygen atoms in total. The quantitative estimate of drug-likeness (QED) is 0.717. The lowest BCUT2D eigenvalue weighted by Gasteiger charge is -2.48. The van der Waals surface area contributed by atoms with Crippen LogP contribution in [-0.2, 0) is 5.54 Å². The minimum Gasteiger partial charge on any atom is -0.508 e. The minimum atomic E-state index is 0.0516. The third kappa shape index (κ3) is 4.01. The van der Waals surface area contributed by atoms with Gasteiger partial charge in [-0.25, -0.2) is 0 Å². The van der Waals surface area contributed by atoms with Crippen molar-refractivity contribution in [2.45, 2.75) is 57.5 Å². The standard InChI is InChI=1S/C21H34N2O/c1-5-15-23(16-6-2)19-11-13-21(14-12-19,22(4)7-3)18-9-8-10-20(24)17-18/h5,8-10,17,19,24H,1,6-7,11-16H2,2-4H3. The molecular weight excluding hydrogens is 296 g/mol. The molecule has 0 aromatic heterocycles. The molecular formula is C21H34N2O. The summed E-state index contributed by atoms with van der Waals surface area (Å²) in [7, 11) is 2.22. The van der Waals surface area contributed by atoms with Crippen molar-refractivity contribution in [1.82, 2.24) is 9.80 Å². The number of phenolic OH excluding ortho intramolecular Hbond substituents is 1. The fourth-order valence-electron chi connectivity index (χ4n) is 4.31. The highest BCUT2D eigenvalue weighted by Crippen LogP contribution is 2.43. The van der Waals surface area contributed by atoms with E-state index in [4.69, 9.17) is 0 Å². The molecule has 0 bridgehead atoms. The van der Waals surface area contributed by atoms with Gasteiger partial charge < -0.3 is 5.11 Å². The van der Waals surface area contributed by atoms with Crippen LogP contribution in [0.15, 0.2) is 36.9 Å². The summed E-state index contributed by atoms with van der Waals surface area (Å²) in [6.07, 6.45) is 7.91. The van der Waals surface area contributed by atoms with Crippen molar-refractivity contribution in [2.75, 3.05) is 26.7 Å². The average Bonchev–Trinajstić information content (AvgIpc) is 2.61. The number of phenols is 1. The van der Waals surface area contributed by atoms with E-state index in [1.54, 1.807) is 6.07 Å². The Hall–Kier alpha value is -1.32. The third-order valence-electron chi connectivity index (χ3n) is 5.76. The Balaban J connectivity index is 2.20. The minimum absolute atomic E-state index is 0.0516. The molecule has 1 aliphatic carbocycles. The van der Waals surface area contributed by atoms with Crippen LogP contribution in [0.5, 0.6) is 5.75 Å². The van der Waals surface area contributed by atoms with E-state index in [1.807, 2.05) is 18.2 Å². The summed E-state index contributed by atoms with van der Waals surface area (Å²) >= 11 is 0. The Kier molecular flexibility index (Phi) is 6.88. The molecule has 134 valence electrons. The highest BCUT2D eigenvalue weighted by molar-refractivity contribution is 5.33. The van der Waals surface area contributed by atoms with Gasteiger partial charge in [-0.05, 0) is 69.9 Å². The molecule has 1 aromatic rings. The van der Waals surface area contributed by atoms with E-state index in [0.717, 1.165) is 32.5 Å². The van der Waals surface area contributed by atoms with Crippen LogP contribution in [0.4, 0.5) is 0 Å². The maximum absolute atomic E-state index is 9.95. The smallest absolute Gasteiger partial charge is 0.115 e. The number of aromatic hydroxyl groups is 1. The third-order valence-corrected chi connectivity index (χ3v) is 5.76. The van der Waals surface area contributed by atoms with Crippen LogP contribution in [0, 0.1) is 0 Å². The molecule has 1 aromatic carbocycles. The van der Waals surface area contributed by atoms with Crippen LogP contribution in [-0.4, -0.2) is 47.6 Å². The van der Waals surface area contributed by atoms with Crippen LogP contribution in [0.2, 0.25) is 0 Å². The van der Waals surface area contributed by atoms with Gasteiger partial charge in [-0.15, -0.1) is 6.58 Å². The number of benzene rings is 1. The Morgan fingerprint density at radius 3 is 2.54 bits per heavy atom. The molecule has 1 saturated carbocycles. The zero-order valence-corrected chi connectivity index (χ0v) is 15.7. The van der Waals surface area contributed by atoms with Crippen molar-refractivity contribution in [2.24, 2.45) is 0 Å². The van der Waals surface area contributed by atoms with Crippen molar-refractivity contribution >= 4 is 0 Å². The van der Waals surface area contributed by atoms with E-state index in [2.05, 4.69) is 43.3 Å². The Morgan fingerprint density at radius 1 is 1.29 bits per heavy atom. The highest BCUT2D eigenvalue weighted by Gasteiger charge is 2.40. The van der Waals surface area contributed by atoms with E-state index >= 15 is 0 Å². The van der Waals surface area contributed by atoms with Gasteiger partial charge in [-0.1, -0.05) is 32.1 Å². The molecule has 0 spiro atoms. The first-order chi connectivity index (χ1) is 11.6. The van der Waals surface area contributed by atoms with Crippen molar-refractivity contribution in [3.63, 3.8) is 0 Å². The molecule has 0 aliphatic heterocycles. The van der Waals surface area contributed by atoms with E-state index in [0.29, 0.717) is 11.8 Å². The lowest BCUT2D eigenvalue weighted by molar-refractivity contribution is 0.0394. The fraction of sp³-hybridized carbons (Fsp3) is 0.619. The van der Waals surface area contributed by atoms with Crippen LogP contribution < -0.4 is 0 Å². The van der Waals surface area contributed by atoms with Crippen molar-refractivity contribution in [1.29, 1.82) is 0 Å². The SMILES string of the molecule is C=CCN(CCC)C1CCC(c2cccc(O)c2)(N(C)CC)CC1. The summed E-state index contributed by atoms with van der Waals surface area (Å²) < 4.78 is 0. The monoisotopic (exact) mass is 330 g/mol. The summed E-state index contributed by atoms with van der Waals surface area (Å²) in [5, 5.41) is 9.95. The molecule has 24 heavy (non-hydrogen) atoms. The lowest BCUT2D eigenvalue weighted by atomic mass is 9.73. The van der Waals surface area contributed by atoms with Crippen molar-refractivity contribution in [3.05, 3.63) is 42.5 Å². The van der Waals surface area contributed by atoms with Crippen LogP contribution >= 0.6 is 0 Å². The van der Waals surface area contributed by atoms with Gasteiger partial charge in [0.15, 0.2) is 0 Å². The Bertz CT molecular complexity index is 520. The fourth-order valence-corrected chi connectivity index (χ4v) is 4.31. The van der Waals surface area contributed by atoms with E-state index in [-0.39, 0.29) is 5.54 Å². The van der Waals surface area contributed by atoms with Gasteiger partial charge in [0.1, 0.15) is 5.75 Å². The maximum Gasteiger partial charge on any atom is 0.115 e. The number of rotatable bonds is 8. The molecule has 0 radical (unpaired) electrons. The van der Waals surface area contributed by atoms with Gasteiger partial charge in [0, 0.05) is 18.1 Å². The first-order valence-electron chi connectivity index (χ1n) is 9.43. The number of hydrogen-bond donors (Lipinski definition) is 1. The van der Waals surface area contributed by atoms with E-state index in [9.17, 15) is 5.11 Å². The molecule has 0 heterocycles. The zero-order valence-electron chi connectivity index (χ0n) is 15.7. The molecule has 0 saturated heterocycles. The summed E-state index contributed by atoms with van der Waals surface area (Å²) in [5.74, 6) is 0.373. The van der Waals surface area contributed by atoms with Crippen LogP contribution in [0.3, 0.4) is 0 Å². The van der Waals surface area contributed by atoms with Gasteiger partial charge in [0.05, 0.1) is 0 Å². The van der Waals surface area contributed by atoms with Crippen molar-refractivity contribution < 1.29 is 5.11 Å². The van der Waals surface area contributed by atoms with Crippen LogP contribution in [0.1, 0.15) is 51.5 Å². The predicted octanol–water partition coefficient (Wildman–Crippen LogP) is 4.38. The summed E-state index contributed by atoms with van der Waals surface area (Å²) in [6, 6.07) is 8.53. The van der Waals surface area contributed by atoms with Gasteiger partial charge in [0.25, 0.3) is 0 Å². The molecule has 1 aliphatic rings. The summed E-state index contributed by atoms with van der Waals surface area (Å²) in [4.78, 5) is 5.06. The molecule has 1 fully saturated rings. The maximum atomic E-state index is 9.95. The Morgan fingerprint density at radius 2 is 2.00 bits per heavy atom. The summed E-state index contributed by atoms with van der Waals surface area (Å²) in [6.45, 7) is 11.6. The second-order valence-electron chi connectivity index (χ2n) is 7.11. The number of hydrogen-bond acceptors (Lipinski definition) is 3. The zero-order chi connectivity index (χ0) is 17.6. The second kappa shape index (κ2) is 8.68. The predicted molar refractivity (Wildman–Crippen MR) is 102 cm³/mol. The van der Waals surface area contributed by atoms with Crippen molar-refractivity contribution in [3.8, 4) is 5.75 Å². The molecule has 0 atom stereocenters. The second-order valence-corrected chi connectivity index (χ2v) is 7.11. The van der Waals surface area contributed by atoms with Gasteiger partial charge >= 0.3 is 0 Å². The largest absolute Gasteiger partial charge is 0.508 e. The van der Waals surface area contributed by atoms with Gasteiger partial charge in [-0.2, -0.15) is 0 Å². The number of nitrogens with zero attached hydrogens (tertiary/aromatic N) is 2. The molecule has 0 unspecified atom stereocenters. The first-order valence-corrected chi connectivity index (χ1v) is 9.43. The van der Waals surface area contributed by atoms with Crippen LogP contribution in [0.25, 0.3) is 0 Å².